The number of thiazole rings is 1. The Morgan fingerprint density at radius 2 is 2.07 bits per heavy atom. The third-order valence-electron chi connectivity index (χ3n) is 3.87. The standard InChI is InChI=1S/C19H14FN3O5S/c1-28-17(25)11-22-18-14(20)6-3-7-15(18)29-19(22)21-16(24)9-8-12-4-2-5-13(10-12)23(26)27/h2-10H,11H2,1H3/b9-8+,21-19?. The highest BCUT2D eigenvalue weighted by Gasteiger charge is 2.14. The van der Waals surface area contributed by atoms with Crippen LogP contribution in [0.2, 0.25) is 0 Å². The van der Waals surface area contributed by atoms with Crippen molar-refractivity contribution in [1.29, 1.82) is 0 Å². The van der Waals surface area contributed by atoms with Crippen molar-refractivity contribution < 1.29 is 23.6 Å². The molecule has 0 aliphatic rings. The molecular formula is C19H14FN3O5S. The molecule has 0 bridgehead atoms. The first-order valence-electron chi connectivity index (χ1n) is 8.25. The second kappa shape index (κ2) is 8.57. The van der Waals surface area contributed by atoms with E-state index in [2.05, 4.69) is 9.73 Å². The third-order valence-corrected chi connectivity index (χ3v) is 4.92. The molecule has 8 nitrogen and oxygen atoms in total. The van der Waals surface area contributed by atoms with E-state index in [4.69, 9.17) is 0 Å². The maximum absolute atomic E-state index is 14.3. The number of esters is 1. The number of nitro benzene ring substituents is 1. The first-order valence-corrected chi connectivity index (χ1v) is 9.06. The maximum Gasteiger partial charge on any atom is 0.325 e. The third kappa shape index (κ3) is 4.61. The summed E-state index contributed by atoms with van der Waals surface area (Å²) >= 11 is 1.05. The normalized spacial score (nSPS) is 11.9. The molecule has 0 radical (unpaired) electrons. The van der Waals surface area contributed by atoms with Crippen LogP contribution in [-0.4, -0.2) is 28.5 Å². The number of amides is 1. The summed E-state index contributed by atoms with van der Waals surface area (Å²) in [6, 6.07) is 10.2. The molecular weight excluding hydrogens is 401 g/mol. The van der Waals surface area contributed by atoms with Crippen LogP contribution in [0.1, 0.15) is 5.56 Å². The van der Waals surface area contributed by atoms with Gasteiger partial charge in [0.1, 0.15) is 12.4 Å². The minimum Gasteiger partial charge on any atom is -0.468 e. The van der Waals surface area contributed by atoms with Crippen LogP contribution in [0.25, 0.3) is 16.3 Å². The van der Waals surface area contributed by atoms with Crippen LogP contribution < -0.4 is 4.80 Å². The zero-order chi connectivity index (χ0) is 21.0. The van der Waals surface area contributed by atoms with Crippen LogP contribution in [0.15, 0.2) is 53.5 Å². The van der Waals surface area contributed by atoms with Gasteiger partial charge in [-0.15, -0.1) is 0 Å². The quantitative estimate of drug-likeness (QED) is 0.276. The molecule has 2 aromatic carbocycles. The van der Waals surface area contributed by atoms with E-state index in [0.29, 0.717) is 10.3 Å². The van der Waals surface area contributed by atoms with Crippen molar-refractivity contribution >= 4 is 45.2 Å². The number of ether oxygens (including phenoxy) is 1. The Balaban J connectivity index is 1.99. The highest BCUT2D eigenvalue weighted by molar-refractivity contribution is 7.16. The van der Waals surface area contributed by atoms with Gasteiger partial charge < -0.3 is 9.30 Å². The average Bonchev–Trinajstić information content (AvgIpc) is 3.04. The Kier molecular flexibility index (Phi) is 5.93. The summed E-state index contributed by atoms with van der Waals surface area (Å²) < 4.78 is 20.7. The summed E-state index contributed by atoms with van der Waals surface area (Å²) in [5, 5.41) is 10.8. The van der Waals surface area contributed by atoms with Crippen LogP contribution in [0.4, 0.5) is 10.1 Å². The molecule has 0 atom stereocenters. The molecule has 0 saturated carbocycles. The van der Waals surface area contributed by atoms with E-state index in [-0.39, 0.29) is 22.6 Å². The van der Waals surface area contributed by atoms with Gasteiger partial charge in [0, 0.05) is 18.2 Å². The number of hydrogen-bond donors (Lipinski definition) is 0. The topological polar surface area (TPSA) is 104 Å². The Labute approximate surface area is 167 Å². The summed E-state index contributed by atoms with van der Waals surface area (Å²) in [6.07, 6.45) is 2.53. The van der Waals surface area contributed by atoms with Gasteiger partial charge in [0.25, 0.3) is 11.6 Å². The van der Waals surface area contributed by atoms with Gasteiger partial charge in [-0.2, -0.15) is 4.99 Å². The number of benzene rings is 2. The van der Waals surface area contributed by atoms with Crippen molar-refractivity contribution in [3.05, 3.63) is 74.8 Å². The van der Waals surface area contributed by atoms with Crippen molar-refractivity contribution in [3.63, 3.8) is 0 Å². The number of nitro groups is 1. The maximum atomic E-state index is 14.3. The van der Waals surface area contributed by atoms with Crippen molar-refractivity contribution in [3.8, 4) is 0 Å². The van der Waals surface area contributed by atoms with Gasteiger partial charge in [-0.25, -0.2) is 4.39 Å². The van der Waals surface area contributed by atoms with Crippen molar-refractivity contribution in [2.24, 2.45) is 4.99 Å². The number of carbonyl (C=O) groups excluding carboxylic acids is 2. The van der Waals surface area contributed by atoms with Gasteiger partial charge in [-0.05, 0) is 23.8 Å². The lowest BCUT2D eigenvalue weighted by Crippen LogP contribution is -2.22. The van der Waals surface area contributed by atoms with E-state index < -0.39 is 22.6 Å². The van der Waals surface area contributed by atoms with Gasteiger partial charge in [-0.3, -0.25) is 19.7 Å². The van der Waals surface area contributed by atoms with E-state index in [1.807, 2.05) is 0 Å². The minimum absolute atomic E-state index is 0.104. The van der Waals surface area contributed by atoms with E-state index in [0.717, 1.165) is 17.4 Å². The Morgan fingerprint density at radius 1 is 1.31 bits per heavy atom. The largest absolute Gasteiger partial charge is 0.468 e. The Morgan fingerprint density at radius 3 is 2.79 bits per heavy atom. The summed E-state index contributed by atoms with van der Waals surface area (Å²) in [4.78, 5) is 38.3. The lowest BCUT2D eigenvalue weighted by Gasteiger charge is -2.03. The lowest BCUT2D eigenvalue weighted by molar-refractivity contribution is -0.384. The van der Waals surface area contributed by atoms with E-state index in [1.54, 1.807) is 12.1 Å². The van der Waals surface area contributed by atoms with Gasteiger partial charge in [0.15, 0.2) is 4.80 Å². The fourth-order valence-corrected chi connectivity index (χ4v) is 3.60. The highest BCUT2D eigenvalue weighted by atomic mass is 32.1. The summed E-state index contributed by atoms with van der Waals surface area (Å²) in [5.74, 6) is -1.83. The lowest BCUT2D eigenvalue weighted by atomic mass is 10.2. The number of methoxy groups -OCH3 is 1. The molecule has 0 saturated heterocycles. The summed E-state index contributed by atoms with van der Waals surface area (Å²) in [6.45, 7) is -0.307. The van der Waals surface area contributed by atoms with Crippen LogP contribution >= 0.6 is 11.3 Å². The van der Waals surface area contributed by atoms with Crippen molar-refractivity contribution in [2.75, 3.05) is 7.11 Å². The van der Waals surface area contributed by atoms with Crippen molar-refractivity contribution in [2.45, 2.75) is 6.54 Å². The first kappa shape index (κ1) is 20.1. The molecule has 29 heavy (non-hydrogen) atoms. The molecule has 148 valence electrons. The van der Waals surface area contributed by atoms with E-state index >= 15 is 0 Å². The van der Waals surface area contributed by atoms with Gasteiger partial charge in [0.2, 0.25) is 0 Å². The molecule has 3 rings (SSSR count). The molecule has 0 aliphatic heterocycles. The Bertz CT molecular complexity index is 1210. The predicted molar refractivity (Wildman–Crippen MR) is 104 cm³/mol. The van der Waals surface area contributed by atoms with Crippen LogP contribution in [-0.2, 0) is 20.9 Å². The first-order chi connectivity index (χ1) is 13.9. The minimum atomic E-state index is -0.665. The van der Waals surface area contributed by atoms with Crippen LogP contribution in [0.3, 0.4) is 0 Å². The zero-order valence-corrected chi connectivity index (χ0v) is 15.9. The number of non-ortho nitro benzene ring substituents is 1. The summed E-state index contributed by atoms with van der Waals surface area (Å²) in [7, 11) is 1.21. The number of fused-ring (bicyclic) bond motifs is 1. The fourth-order valence-electron chi connectivity index (χ4n) is 2.55. The molecule has 1 heterocycles. The Hall–Kier alpha value is -3.66. The molecule has 3 aromatic rings. The average molecular weight is 415 g/mol. The second-order valence-electron chi connectivity index (χ2n) is 5.77. The van der Waals surface area contributed by atoms with E-state index in [1.165, 1.54) is 48.1 Å². The number of para-hydroxylation sites is 1. The highest BCUT2D eigenvalue weighted by Crippen LogP contribution is 2.20. The summed E-state index contributed by atoms with van der Waals surface area (Å²) in [5.41, 5.74) is 0.497. The molecule has 10 heteroatoms. The number of nitrogens with zero attached hydrogens (tertiary/aromatic N) is 3. The fraction of sp³-hybridized carbons (Fsp3) is 0.105. The van der Waals surface area contributed by atoms with E-state index in [9.17, 15) is 24.1 Å². The molecule has 1 aromatic heterocycles. The molecule has 0 fully saturated rings. The molecule has 0 unspecified atom stereocenters. The monoisotopic (exact) mass is 415 g/mol. The zero-order valence-electron chi connectivity index (χ0n) is 15.1. The number of aromatic nitrogens is 1. The van der Waals surface area contributed by atoms with Crippen LogP contribution in [0.5, 0.6) is 0 Å². The molecule has 0 spiro atoms. The predicted octanol–water partition coefficient (Wildman–Crippen LogP) is 3.06. The van der Waals surface area contributed by atoms with Gasteiger partial charge >= 0.3 is 5.97 Å². The smallest absolute Gasteiger partial charge is 0.325 e. The number of rotatable bonds is 5. The van der Waals surface area contributed by atoms with Gasteiger partial charge in [-0.1, -0.05) is 29.5 Å². The second-order valence-corrected chi connectivity index (χ2v) is 6.78. The molecule has 1 amide bonds. The van der Waals surface area contributed by atoms with Gasteiger partial charge in [0.05, 0.1) is 22.2 Å². The molecule has 0 aliphatic carbocycles. The SMILES string of the molecule is COC(=O)Cn1c(=NC(=O)/C=C/c2cccc([N+](=O)[O-])c2)sc2cccc(F)c21. The number of carbonyl (C=O) groups is 2. The van der Waals surface area contributed by atoms with Crippen LogP contribution in [0, 0.1) is 15.9 Å². The number of halogens is 1. The van der Waals surface area contributed by atoms with Crippen molar-refractivity contribution in [1.82, 2.24) is 4.57 Å². The number of hydrogen-bond acceptors (Lipinski definition) is 6. The molecule has 0 N–H and O–H groups in total.